The van der Waals surface area contributed by atoms with Gasteiger partial charge in [0.2, 0.25) is 0 Å². The van der Waals surface area contributed by atoms with Crippen molar-refractivity contribution in [2.75, 3.05) is 12.3 Å². The number of benzene rings is 2. The van der Waals surface area contributed by atoms with Gasteiger partial charge in [-0.2, -0.15) is 0 Å². The standard InChI is InChI=1S/C17H15ClN2O5/c1-25-12-3-4-13-11(9-21)8-19(15(13)7-12)17(22)10-2-5-14(18)16(6-10)20(23)24/h2-8,21,23-24H,9H2,1H3. The summed E-state index contributed by atoms with van der Waals surface area (Å²) in [6.45, 7) is -0.226. The van der Waals surface area contributed by atoms with E-state index in [-0.39, 0.29) is 28.1 Å². The number of hydrogen-bond acceptors (Lipinski definition) is 6. The van der Waals surface area contributed by atoms with E-state index < -0.39 is 5.91 Å². The maximum Gasteiger partial charge on any atom is 0.262 e. The van der Waals surface area contributed by atoms with Gasteiger partial charge in [0.05, 0.1) is 24.3 Å². The van der Waals surface area contributed by atoms with Crippen molar-refractivity contribution in [3.8, 4) is 5.75 Å². The van der Waals surface area contributed by atoms with Gasteiger partial charge < -0.3 is 9.84 Å². The number of aliphatic hydroxyl groups excluding tert-OH is 1. The normalized spacial score (nSPS) is 10.9. The largest absolute Gasteiger partial charge is 0.497 e. The van der Waals surface area contributed by atoms with Crippen LogP contribution < -0.4 is 9.96 Å². The van der Waals surface area contributed by atoms with Gasteiger partial charge in [0, 0.05) is 28.8 Å². The molecule has 7 nitrogen and oxygen atoms in total. The number of carbonyl (C=O) groups excluding carboxylic acids is 1. The molecule has 3 aromatic rings. The summed E-state index contributed by atoms with van der Waals surface area (Å²) in [4.78, 5) is 12.9. The van der Waals surface area contributed by atoms with Gasteiger partial charge in [-0.1, -0.05) is 11.6 Å². The Bertz CT molecular complexity index is 952. The predicted molar refractivity (Wildman–Crippen MR) is 91.6 cm³/mol. The smallest absolute Gasteiger partial charge is 0.262 e. The van der Waals surface area contributed by atoms with Gasteiger partial charge in [-0.3, -0.25) is 19.8 Å². The Kier molecular flexibility index (Phi) is 4.65. The van der Waals surface area contributed by atoms with Crippen LogP contribution in [0.1, 0.15) is 15.9 Å². The van der Waals surface area contributed by atoms with Gasteiger partial charge in [-0.05, 0) is 30.3 Å². The fraction of sp³-hybridized carbons (Fsp3) is 0.118. The van der Waals surface area contributed by atoms with Crippen molar-refractivity contribution in [3.63, 3.8) is 0 Å². The Morgan fingerprint density at radius 1 is 1.24 bits per heavy atom. The minimum atomic E-state index is -0.419. The van der Waals surface area contributed by atoms with Crippen molar-refractivity contribution in [1.82, 2.24) is 4.57 Å². The van der Waals surface area contributed by atoms with Gasteiger partial charge in [0.25, 0.3) is 5.91 Å². The maximum atomic E-state index is 12.9. The molecule has 130 valence electrons. The van der Waals surface area contributed by atoms with Crippen LogP contribution in [0, 0.1) is 0 Å². The molecule has 0 spiro atoms. The Balaban J connectivity index is 2.15. The zero-order valence-corrected chi connectivity index (χ0v) is 13.9. The Labute approximate surface area is 147 Å². The molecule has 0 radical (unpaired) electrons. The number of aromatic nitrogens is 1. The van der Waals surface area contributed by atoms with E-state index >= 15 is 0 Å². The number of anilines is 1. The molecular weight excluding hydrogens is 348 g/mol. The quantitative estimate of drug-likeness (QED) is 0.617. The molecule has 25 heavy (non-hydrogen) atoms. The number of fused-ring (bicyclic) bond motifs is 1. The van der Waals surface area contributed by atoms with Crippen LogP contribution in [0.5, 0.6) is 5.75 Å². The highest BCUT2D eigenvalue weighted by atomic mass is 35.5. The lowest BCUT2D eigenvalue weighted by Crippen LogP contribution is -2.15. The first-order valence-corrected chi connectivity index (χ1v) is 7.65. The van der Waals surface area contributed by atoms with Crippen LogP contribution in [0.3, 0.4) is 0 Å². The number of halogens is 1. The second-order valence-corrected chi connectivity index (χ2v) is 5.73. The molecule has 0 unspecified atom stereocenters. The Hall–Kier alpha value is -2.58. The molecule has 0 atom stereocenters. The van der Waals surface area contributed by atoms with E-state index in [0.29, 0.717) is 16.8 Å². The van der Waals surface area contributed by atoms with Crippen LogP contribution in [0.2, 0.25) is 5.02 Å². The second-order valence-electron chi connectivity index (χ2n) is 5.33. The minimum Gasteiger partial charge on any atom is -0.497 e. The average Bonchev–Trinajstić information content (AvgIpc) is 2.99. The summed E-state index contributed by atoms with van der Waals surface area (Å²) in [5.41, 5.74) is 1.22. The molecule has 0 aliphatic carbocycles. The molecule has 3 rings (SSSR count). The number of methoxy groups -OCH3 is 1. The van der Waals surface area contributed by atoms with Crippen LogP contribution in [-0.4, -0.2) is 33.1 Å². The first-order valence-electron chi connectivity index (χ1n) is 7.27. The lowest BCUT2D eigenvalue weighted by Gasteiger charge is -2.12. The van der Waals surface area contributed by atoms with E-state index in [9.17, 15) is 20.3 Å². The first-order chi connectivity index (χ1) is 12.0. The Morgan fingerprint density at radius 2 is 2.00 bits per heavy atom. The SMILES string of the molecule is COc1ccc2c(CO)cn(C(=O)c3ccc(Cl)c(N(O)O)c3)c2c1. The van der Waals surface area contributed by atoms with Crippen LogP contribution >= 0.6 is 11.6 Å². The summed E-state index contributed by atoms with van der Waals surface area (Å²) >= 11 is 5.87. The first kappa shape index (κ1) is 17.2. The fourth-order valence-corrected chi connectivity index (χ4v) is 2.83. The van der Waals surface area contributed by atoms with E-state index in [0.717, 1.165) is 5.39 Å². The van der Waals surface area contributed by atoms with Crippen LogP contribution in [0.15, 0.2) is 42.6 Å². The highest BCUT2D eigenvalue weighted by molar-refractivity contribution is 6.33. The molecule has 0 aliphatic rings. The molecule has 2 aromatic carbocycles. The van der Waals surface area contributed by atoms with E-state index in [2.05, 4.69) is 0 Å². The zero-order chi connectivity index (χ0) is 18.1. The number of nitrogens with zero attached hydrogens (tertiary/aromatic N) is 2. The molecule has 0 aliphatic heterocycles. The van der Waals surface area contributed by atoms with Gasteiger partial charge >= 0.3 is 0 Å². The summed E-state index contributed by atoms with van der Waals surface area (Å²) in [6.07, 6.45) is 1.54. The lowest BCUT2D eigenvalue weighted by molar-refractivity contribution is 0.0292. The molecule has 1 heterocycles. The summed E-state index contributed by atoms with van der Waals surface area (Å²) in [5, 5.41) is 28.6. The van der Waals surface area contributed by atoms with E-state index in [4.69, 9.17) is 16.3 Å². The zero-order valence-electron chi connectivity index (χ0n) is 13.2. The van der Waals surface area contributed by atoms with Crippen molar-refractivity contribution in [2.24, 2.45) is 0 Å². The second kappa shape index (κ2) is 6.73. The fourth-order valence-electron chi connectivity index (χ4n) is 2.64. The minimum absolute atomic E-state index is 0.0802. The molecule has 3 N–H and O–H groups in total. The van der Waals surface area contributed by atoms with Gasteiger partial charge in [-0.15, -0.1) is 5.23 Å². The topological polar surface area (TPSA) is 95.2 Å². The van der Waals surface area contributed by atoms with Crippen LogP contribution in [0.4, 0.5) is 5.69 Å². The Morgan fingerprint density at radius 3 is 2.64 bits per heavy atom. The number of hydrogen-bond donors (Lipinski definition) is 3. The number of ether oxygens (including phenoxy) is 1. The third kappa shape index (κ3) is 3.06. The van der Waals surface area contributed by atoms with E-state index in [1.54, 1.807) is 18.2 Å². The highest BCUT2D eigenvalue weighted by Gasteiger charge is 2.18. The molecular formula is C17H15ClN2O5. The summed E-state index contributed by atoms with van der Waals surface area (Å²) in [7, 11) is 1.52. The molecule has 0 saturated carbocycles. The molecule has 0 saturated heterocycles. The molecule has 0 fully saturated rings. The average molecular weight is 363 g/mol. The van der Waals surface area contributed by atoms with Crippen LogP contribution in [-0.2, 0) is 6.61 Å². The molecule has 0 bridgehead atoms. The number of rotatable bonds is 4. The van der Waals surface area contributed by atoms with Gasteiger partial charge in [0.1, 0.15) is 11.4 Å². The van der Waals surface area contributed by atoms with Crippen molar-refractivity contribution in [1.29, 1.82) is 0 Å². The van der Waals surface area contributed by atoms with Crippen molar-refractivity contribution >= 4 is 34.1 Å². The van der Waals surface area contributed by atoms with Gasteiger partial charge in [-0.25, -0.2) is 0 Å². The predicted octanol–water partition coefficient (Wildman–Crippen LogP) is 3.07. The summed E-state index contributed by atoms with van der Waals surface area (Å²) in [6, 6.07) is 9.32. The third-order valence-electron chi connectivity index (χ3n) is 3.89. The van der Waals surface area contributed by atoms with E-state index in [1.165, 1.54) is 36.1 Å². The summed E-state index contributed by atoms with van der Waals surface area (Å²) in [5.74, 6) is 0.149. The van der Waals surface area contributed by atoms with Crippen molar-refractivity contribution in [2.45, 2.75) is 6.61 Å². The number of carbonyl (C=O) groups is 1. The highest BCUT2D eigenvalue weighted by Crippen LogP contribution is 2.29. The molecule has 1 aromatic heterocycles. The third-order valence-corrected chi connectivity index (χ3v) is 4.21. The molecule has 8 heteroatoms. The van der Waals surface area contributed by atoms with E-state index in [1.807, 2.05) is 0 Å². The van der Waals surface area contributed by atoms with Crippen molar-refractivity contribution in [3.05, 3.63) is 58.7 Å². The monoisotopic (exact) mass is 362 g/mol. The van der Waals surface area contributed by atoms with Crippen LogP contribution in [0.25, 0.3) is 10.9 Å². The van der Waals surface area contributed by atoms with Gasteiger partial charge in [0.15, 0.2) is 0 Å². The molecule has 0 amide bonds. The lowest BCUT2D eigenvalue weighted by atomic mass is 10.1. The maximum absolute atomic E-state index is 12.9. The van der Waals surface area contributed by atoms with Crippen molar-refractivity contribution < 1.29 is 25.1 Å². The number of aliphatic hydroxyl groups is 1. The summed E-state index contributed by atoms with van der Waals surface area (Å²) < 4.78 is 6.57.